The van der Waals surface area contributed by atoms with Crippen LogP contribution in [0, 0.1) is 0 Å². The monoisotopic (exact) mass is 232 g/mol. The Morgan fingerprint density at radius 3 is 2.76 bits per heavy atom. The fourth-order valence-corrected chi connectivity index (χ4v) is 1.57. The van der Waals surface area contributed by atoms with Gasteiger partial charge in [0.2, 0.25) is 0 Å². The summed E-state index contributed by atoms with van der Waals surface area (Å²) in [5.74, 6) is 0. The predicted octanol–water partition coefficient (Wildman–Crippen LogP) is 1.67. The van der Waals surface area contributed by atoms with Crippen molar-refractivity contribution in [2.75, 3.05) is 6.61 Å². The highest BCUT2D eigenvalue weighted by molar-refractivity contribution is 5.17. The van der Waals surface area contributed by atoms with Gasteiger partial charge in [0.1, 0.15) is 6.10 Å². The van der Waals surface area contributed by atoms with Gasteiger partial charge in [-0.15, -0.1) is 0 Å². The Labute approximate surface area is 100 Å². The van der Waals surface area contributed by atoms with Crippen molar-refractivity contribution in [2.24, 2.45) is 7.05 Å². The molecule has 1 unspecified atom stereocenters. The molecule has 90 valence electrons. The van der Waals surface area contributed by atoms with Crippen LogP contribution in [0.5, 0.6) is 0 Å². The van der Waals surface area contributed by atoms with E-state index < -0.39 is 6.10 Å². The molecule has 0 amide bonds. The third-order valence-corrected chi connectivity index (χ3v) is 2.63. The van der Waals surface area contributed by atoms with Crippen LogP contribution in [0.4, 0.5) is 0 Å². The molecule has 1 atom stereocenters. The molecule has 0 aliphatic heterocycles. The van der Waals surface area contributed by atoms with E-state index in [0.29, 0.717) is 6.61 Å². The van der Waals surface area contributed by atoms with Gasteiger partial charge < -0.3 is 14.4 Å². The molecule has 1 aromatic heterocycles. The van der Waals surface area contributed by atoms with Crippen LogP contribution in [0.25, 0.3) is 0 Å². The summed E-state index contributed by atoms with van der Waals surface area (Å²) < 4.78 is 7.36. The number of ether oxygens (including phenoxy) is 1. The van der Waals surface area contributed by atoms with E-state index in [1.165, 1.54) is 0 Å². The molecule has 1 aromatic carbocycles. The van der Waals surface area contributed by atoms with Crippen LogP contribution in [0.15, 0.2) is 42.9 Å². The Balaban J connectivity index is 1.81. The molecule has 2 rings (SSSR count). The molecule has 1 N–H and O–H groups in total. The first-order valence-electron chi connectivity index (χ1n) is 5.53. The summed E-state index contributed by atoms with van der Waals surface area (Å²) in [7, 11) is 1.92. The van der Waals surface area contributed by atoms with Gasteiger partial charge in [0.15, 0.2) is 0 Å². The van der Waals surface area contributed by atoms with E-state index in [0.717, 1.165) is 11.3 Å². The lowest BCUT2D eigenvalue weighted by molar-refractivity contribution is 0.0257. The molecule has 0 saturated heterocycles. The second-order valence-electron chi connectivity index (χ2n) is 3.94. The van der Waals surface area contributed by atoms with Crippen molar-refractivity contribution < 1.29 is 9.84 Å². The van der Waals surface area contributed by atoms with Crippen molar-refractivity contribution in [3.63, 3.8) is 0 Å². The number of aryl methyl sites for hydroxylation is 1. The highest BCUT2D eigenvalue weighted by Crippen LogP contribution is 2.12. The van der Waals surface area contributed by atoms with E-state index in [1.807, 2.05) is 41.9 Å². The molecule has 0 radical (unpaired) electrons. The zero-order chi connectivity index (χ0) is 12.1. The molecule has 0 bridgehead atoms. The molecule has 0 spiro atoms. The summed E-state index contributed by atoms with van der Waals surface area (Å²) in [6.45, 7) is 0.746. The lowest BCUT2D eigenvalue weighted by Gasteiger charge is -2.11. The lowest BCUT2D eigenvalue weighted by atomic mass is 10.1. The predicted molar refractivity (Wildman–Crippen MR) is 64.3 cm³/mol. The minimum Gasteiger partial charge on any atom is -0.386 e. The van der Waals surface area contributed by atoms with Gasteiger partial charge in [-0.05, 0) is 5.56 Å². The number of aliphatic hydroxyl groups is 1. The molecule has 0 aliphatic carbocycles. The Kier molecular flexibility index (Phi) is 3.90. The fraction of sp³-hybridized carbons (Fsp3) is 0.308. The van der Waals surface area contributed by atoms with Crippen molar-refractivity contribution in [3.05, 3.63) is 54.1 Å². The number of rotatable bonds is 5. The fourth-order valence-electron chi connectivity index (χ4n) is 1.57. The van der Waals surface area contributed by atoms with Crippen LogP contribution in [-0.2, 0) is 18.4 Å². The van der Waals surface area contributed by atoms with Crippen molar-refractivity contribution >= 4 is 0 Å². The number of aromatic nitrogens is 2. The van der Waals surface area contributed by atoms with Crippen molar-refractivity contribution in [1.82, 2.24) is 9.55 Å². The maximum atomic E-state index is 9.87. The van der Waals surface area contributed by atoms with Crippen molar-refractivity contribution in [3.8, 4) is 0 Å². The quantitative estimate of drug-likeness (QED) is 0.853. The van der Waals surface area contributed by atoms with Gasteiger partial charge in [0.05, 0.1) is 31.4 Å². The maximum absolute atomic E-state index is 9.87. The van der Waals surface area contributed by atoms with Gasteiger partial charge in [-0.1, -0.05) is 30.3 Å². The summed E-state index contributed by atoms with van der Waals surface area (Å²) in [6.07, 6.45) is 2.91. The minimum atomic E-state index is -0.579. The Morgan fingerprint density at radius 2 is 2.12 bits per heavy atom. The number of aliphatic hydroxyl groups excluding tert-OH is 1. The minimum absolute atomic E-state index is 0.287. The van der Waals surface area contributed by atoms with E-state index in [2.05, 4.69) is 4.98 Å². The van der Waals surface area contributed by atoms with Gasteiger partial charge in [0, 0.05) is 7.05 Å². The average Bonchev–Trinajstić information content (AvgIpc) is 2.76. The van der Waals surface area contributed by atoms with Gasteiger partial charge >= 0.3 is 0 Å². The van der Waals surface area contributed by atoms with E-state index in [4.69, 9.17) is 4.74 Å². The number of hydrogen-bond donors (Lipinski definition) is 1. The van der Waals surface area contributed by atoms with Gasteiger partial charge in [-0.2, -0.15) is 0 Å². The van der Waals surface area contributed by atoms with Crippen molar-refractivity contribution in [2.45, 2.75) is 12.7 Å². The molecule has 0 aliphatic rings. The highest BCUT2D eigenvalue weighted by Gasteiger charge is 2.07. The van der Waals surface area contributed by atoms with Gasteiger partial charge in [-0.3, -0.25) is 0 Å². The zero-order valence-corrected chi connectivity index (χ0v) is 9.78. The SMILES string of the molecule is Cn1cncc1COCC(O)c1ccccc1. The zero-order valence-electron chi connectivity index (χ0n) is 9.78. The summed E-state index contributed by atoms with van der Waals surface area (Å²) in [5.41, 5.74) is 1.86. The molecule has 4 nitrogen and oxygen atoms in total. The molecular weight excluding hydrogens is 216 g/mol. The number of nitrogens with zero attached hydrogens (tertiary/aromatic N) is 2. The smallest absolute Gasteiger partial charge is 0.102 e. The van der Waals surface area contributed by atoms with E-state index in [9.17, 15) is 5.11 Å². The summed E-state index contributed by atoms with van der Waals surface area (Å²) >= 11 is 0. The number of benzene rings is 1. The van der Waals surface area contributed by atoms with E-state index in [1.54, 1.807) is 12.5 Å². The number of hydrogen-bond acceptors (Lipinski definition) is 3. The Hall–Kier alpha value is -1.65. The molecule has 2 aromatic rings. The third kappa shape index (κ3) is 3.15. The molecular formula is C13H16N2O2. The molecule has 0 fully saturated rings. The first-order valence-corrected chi connectivity index (χ1v) is 5.53. The Morgan fingerprint density at radius 1 is 1.35 bits per heavy atom. The van der Waals surface area contributed by atoms with Crippen LogP contribution in [-0.4, -0.2) is 21.3 Å². The summed E-state index contributed by atoms with van der Waals surface area (Å²) in [4.78, 5) is 4.00. The van der Waals surface area contributed by atoms with E-state index in [-0.39, 0.29) is 6.61 Å². The summed E-state index contributed by atoms with van der Waals surface area (Å²) in [6, 6.07) is 9.50. The van der Waals surface area contributed by atoms with E-state index >= 15 is 0 Å². The van der Waals surface area contributed by atoms with Crippen LogP contribution in [0.1, 0.15) is 17.4 Å². The van der Waals surface area contributed by atoms with Crippen molar-refractivity contribution in [1.29, 1.82) is 0 Å². The molecule has 17 heavy (non-hydrogen) atoms. The van der Waals surface area contributed by atoms with Gasteiger partial charge in [0.25, 0.3) is 0 Å². The molecule has 0 saturated carbocycles. The molecule has 4 heteroatoms. The van der Waals surface area contributed by atoms with Crippen LogP contribution in [0.3, 0.4) is 0 Å². The molecule has 1 heterocycles. The second-order valence-corrected chi connectivity index (χ2v) is 3.94. The van der Waals surface area contributed by atoms with Gasteiger partial charge in [-0.25, -0.2) is 4.98 Å². The van der Waals surface area contributed by atoms with Crippen LogP contribution in [0.2, 0.25) is 0 Å². The first kappa shape index (κ1) is 11.8. The maximum Gasteiger partial charge on any atom is 0.102 e. The normalized spacial score (nSPS) is 12.6. The lowest BCUT2D eigenvalue weighted by Crippen LogP contribution is -2.08. The average molecular weight is 232 g/mol. The summed E-state index contributed by atoms with van der Waals surface area (Å²) in [5, 5.41) is 9.87. The highest BCUT2D eigenvalue weighted by atomic mass is 16.5. The number of imidazole rings is 1. The van der Waals surface area contributed by atoms with Crippen LogP contribution >= 0.6 is 0 Å². The largest absolute Gasteiger partial charge is 0.386 e. The first-order chi connectivity index (χ1) is 8.27. The second kappa shape index (κ2) is 5.61. The topological polar surface area (TPSA) is 47.3 Å². The Bertz CT molecular complexity index is 453. The third-order valence-electron chi connectivity index (χ3n) is 2.63. The standard InChI is InChI=1S/C13H16N2O2/c1-15-10-14-7-12(15)8-17-9-13(16)11-5-3-2-4-6-11/h2-7,10,13,16H,8-9H2,1H3. The van der Waals surface area contributed by atoms with Crippen LogP contribution < -0.4 is 0 Å².